The van der Waals surface area contributed by atoms with Crippen LogP contribution in [0.15, 0.2) is 0 Å². The normalized spacial score (nSPS) is 14.0. The van der Waals surface area contributed by atoms with Gasteiger partial charge in [0, 0.05) is 0 Å². The number of carbonyl (C=O) groups excluding carboxylic acids is 3. The minimum absolute atomic E-state index is 0.131. The van der Waals surface area contributed by atoms with Crippen molar-refractivity contribution in [1.82, 2.24) is 0 Å². The summed E-state index contributed by atoms with van der Waals surface area (Å²) in [5, 5.41) is 0. The van der Waals surface area contributed by atoms with Crippen LogP contribution in [0.5, 0.6) is 0 Å². The Morgan fingerprint density at radius 2 is 1.23 bits per heavy atom. The van der Waals surface area contributed by atoms with Crippen LogP contribution in [0.2, 0.25) is 0 Å². The molecule has 0 aliphatic heterocycles. The van der Waals surface area contributed by atoms with Gasteiger partial charge < -0.3 is 23.7 Å². The van der Waals surface area contributed by atoms with Gasteiger partial charge in [0.15, 0.2) is 0 Å². The van der Waals surface area contributed by atoms with E-state index in [4.69, 9.17) is 23.7 Å². The van der Waals surface area contributed by atoms with E-state index in [1.165, 1.54) is 0 Å². The Kier molecular flexibility index (Phi) is 9.45. The van der Waals surface area contributed by atoms with E-state index in [-0.39, 0.29) is 31.0 Å². The van der Waals surface area contributed by atoms with Crippen LogP contribution in [0.4, 0.5) is 9.59 Å². The van der Waals surface area contributed by atoms with Crippen LogP contribution >= 0.6 is 0 Å². The molecule has 0 rings (SSSR count). The molecule has 0 bridgehead atoms. The van der Waals surface area contributed by atoms with Gasteiger partial charge in [-0.1, -0.05) is 20.8 Å². The smallest absolute Gasteiger partial charge is 0.459 e. The van der Waals surface area contributed by atoms with Crippen molar-refractivity contribution in [3.8, 4) is 0 Å². The molecule has 0 aromatic rings. The third-order valence-corrected chi connectivity index (χ3v) is 2.57. The van der Waals surface area contributed by atoms with Crippen molar-refractivity contribution in [2.45, 2.75) is 79.6 Å². The highest BCUT2D eigenvalue weighted by Gasteiger charge is 2.21. The molecule has 0 aromatic carbocycles. The second-order valence-corrected chi connectivity index (χ2v) is 8.30. The first kappa shape index (κ1) is 24.0. The Balaban J connectivity index is 4.03. The first-order chi connectivity index (χ1) is 11.7. The Labute approximate surface area is 155 Å². The Hall–Kier alpha value is -1.99. The van der Waals surface area contributed by atoms with Gasteiger partial charge in [0.1, 0.15) is 31.0 Å². The van der Waals surface area contributed by atoms with E-state index < -0.39 is 30.1 Å². The predicted molar refractivity (Wildman–Crippen MR) is 93.7 cm³/mol. The highest BCUT2D eigenvalue weighted by Crippen LogP contribution is 2.19. The van der Waals surface area contributed by atoms with Gasteiger partial charge in [0.05, 0.1) is 6.42 Å². The molecule has 0 heterocycles. The number of hydrogen-bond donors (Lipinski definition) is 0. The molecule has 152 valence electrons. The van der Waals surface area contributed by atoms with E-state index in [0.29, 0.717) is 0 Å². The zero-order chi connectivity index (χ0) is 20.5. The molecule has 0 amide bonds. The number of hydrogen-bond acceptors (Lipinski definition) is 8. The van der Waals surface area contributed by atoms with Gasteiger partial charge in [-0.25, -0.2) is 9.59 Å². The van der Waals surface area contributed by atoms with Crippen molar-refractivity contribution in [3.05, 3.63) is 0 Å². The van der Waals surface area contributed by atoms with Crippen LogP contribution < -0.4 is 0 Å². The summed E-state index contributed by atoms with van der Waals surface area (Å²) in [4.78, 5) is 34.7. The molecule has 2 atom stereocenters. The zero-order valence-corrected chi connectivity index (χ0v) is 17.0. The van der Waals surface area contributed by atoms with Crippen molar-refractivity contribution >= 4 is 18.3 Å². The maximum atomic E-state index is 11.7. The summed E-state index contributed by atoms with van der Waals surface area (Å²) < 4.78 is 24.8. The Morgan fingerprint density at radius 3 is 1.69 bits per heavy atom. The van der Waals surface area contributed by atoms with E-state index in [0.717, 1.165) is 0 Å². The van der Waals surface area contributed by atoms with E-state index >= 15 is 0 Å². The molecule has 0 fully saturated rings. The number of carbonyl (C=O) groups is 3. The van der Waals surface area contributed by atoms with Gasteiger partial charge >= 0.3 is 18.3 Å². The highest BCUT2D eigenvalue weighted by molar-refractivity contribution is 5.70. The number of ether oxygens (including phenoxy) is 5. The summed E-state index contributed by atoms with van der Waals surface area (Å²) in [6, 6.07) is 0. The second kappa shape index (κ2) is 10.2. The van der Waals surface area contributed by atoms with Crippen molar-refractivity contribution in [3.63, 3.8) is 0 Å². The lowest BCUT2D eigenvalue weighted by molar-refractivity contribution is -0.152. The number of rotatable bonds is 7. The maximum absolute atomic E-state index is 11.7. The average molecular weight is 376 g/mol. The van der Waals surface area contributed by atoms with Gasteiger partial charge in [-0.2, -0.15) is 0 Å². The predicted octanol–water partition coefficient (Wildman–Crippen LogP) is 3.85. The fourth-order valence-corrected chi connectivity index (χ4v) is 1.62. The monoisotopic (exact) mass is 376 g/mol. The molecule has 0 aliphatic rings. The van der Waals surface area contributed by atoms with Crippen LogP contribution in [0, 0.1) is 5.41 Å². The fourth-order valence-electron chi connectivity index (χ4n) is 1.62. The van der Waals surface area contributed by atoms with E-state index in [1.54, 1.807) is 34.6 Å². The topological polar surface area (TPSA) is 97.4 Å². The molecule has 0 N–H and O–H groups in total. The Bertz CT molecular complexity index is 473. The summed E-state index contributed by atoms with van der Waals surface area (Å²) >= 11 is 0. The third kappa shape index (κ3) is 14.4. The molecule has 0 radical (unpaired) electrons. The largest absolute Gasteiger partial charge is 0.508 e. The maximum Gasteiger partial charge on any atom is 0.508 e. The van der Waals surface area contributed by atoms with Gasteiger partial charge in [0.2, 0.25) is 0 Å². The van der Waals surface area contributed by atoms with E-state index in [2.05, 4.69) is 0 Å². The Morgan fingerprint density at radius 1 is 0.769 bits per heavy atom. The van der Waals surface area contributed by atoms with Crippen LogP contribution in [0.3, 0.4) is 0 Å². The fraction of sp³-hybridized carbons (Fsp3) is 0.833. The summed E-state index contributed by atoms with van der Waals surface area (Å²) in [6.45, 7) is 13.8. The lowest BCUT2D eigenvalue weighted by Gasteiger charge is -2.20. The summed E-state index contributed by atoms with van der Waals surface area (Å²) in [6.07, 6.45) is -2.83. The molecule has 2 unspecified atom stereocenters. The molecule has 8 nitrogen and oxygen atoms in total. The first-order valence-corrected chi connectivity index (χ1v) is 8.56. The van der Waals surface area contributed by atoms with E-state index in [9.17, 15) is 14.4 Å². The summed E-state index contributed by atoms with van der Waals surface area (Å²) in [5.41, 5.74) is -0.846. The van der Waals surface area contributed by atoms with Crippen molar-refractivity contribution in [2.24, 2.45) is 5.41 Å². The second-order valence-electron chi connectivity index (χ2n) is 8.30. The molecule has 26 heavy (non-hydrogen) atoms. The molecule has 0 spiro atoms. The van der Waals surface area contributed by atoms with Crippen LogP contribution in [0.25, 0.3) is 0 Å². The third-order valence-electron chi connectivity index (χ3n) is 2.57. The van der Waals surface area contributed by atoms with Crippen molar-refractivity contribution in [1.29, 1.82) is 0 Å². The lowest BCUT2D eigenvalue weighted by Crippen LogP contribution is -2.29. The average Bonchev–Trinajstić information content (AvgIpc) is 2.39. The summed E-state index contributed by atoms with van der Waals surface area (Å²) in [7, 11) is 0. The molecular weight excluding hydrogens is 344 g/mol. The molecule has 0 aliphatic carbocycles. The van der Waals surface area contributed by atoms with Gasteiger partial charge in [-0.15, -0.1) is 0 Å². The van der Waals surface area contributed by atoms with E-state index in [1.807, 2.05) is 20.8 Å². The van der Waals surface area contributed by atoms with Gasteiger partial charge in [-0.05, 0) is 40.0 Å². The highest BCUT2D eigenvalue weighted by atomic mass is 16.8. The van der Waals surface area contributed by atoms with Gasteiger partial charge in [-0.3, -0.25) is 4.79 Å². The van der Waals surface area contributed by atoms with Crippen molar-refractivity contribution in [2.75, 3.05) is 13.2 Å². The first-order valence-electron chi connectivity index (χ1n) is 8.56. The molecule has 0 saturated carbocycles. The molecule has 8 heteroatoms. The molecule has 0 saturated heterocycles. The minimum Gasteiger partial charge on any atom is -0.459 e. The van der Waals surface area contributed by atoms with Crippen LogP contribution in [0.1, 0.15) is 61.8 Å². The zero-order valence-electron chi connectivity index (χ0n) is 17.0. The molecular formula is C18H32O8. The quantitative estimate of drug-likeness (QED) is 0.488. The van der Waals surface area contributed by atoms with Gasteiger partial charge in [0.25, 0.3) is 0 Å². The molecule has 0 aromatic heterocycles. The minimum atomic E-state index is -0.941. The summed E-state index contributed by atoms with van der Waals surface area (Å²) in [5.74, 6) is -0.360. The van der Waals surface area contributed by atoms with Crippen LogP contribution in [-0.4, -0.2) is 49.3 Å². The SMILES string of the molecule is CC(COC(=O)OC(C)COC(=O)OC(C)(C)C)OC(=O)CC(C)(C)C. The standard InChI is InChI=1S/C18H32O8/c1-12(24-14(19)9-17(3,4)5)10-22-15(20)25-13(2)11-23-16(21)26-18(6,7)8/h12-13H,9-11H2,1-8H3. The van der Waals surface area contributed by atoms with Crippen molar-refractivity contribution < 1.29 is 38.1 Å². The number of esters is 1. The van der Waals surface area contributed by atoms with Crippen LogP contribution in [-0.2, 0) is 28.5 Å². The lowest BCUT2D eigenvalue weighted by atomic mass is 9.92.